The Balaban J connectivity index is 1.74. The number of benzene rings is 2. The van der Waals surface area contributed by atoms with Gasteiger partial charge in [0.25, 0.3) is 0 Å². The molecule has 0 bridgehead atoms. The van der Waals surface area contributed by atoms with E-state index in [1.165, 1.54) is 6.20 Å². The van der Waals surface area contributed by atoms with Gasteiger partial charge in [0, 0.05) is 5.69 Å². The zero-order valence-electron chi connectivity index (χ0n) is 17.8. The van der Waals surface area contributed by atoms with E-state index in [0.29, 0.717) is 5.56 Å². The Morgan fingerprint density at radius 3 is 2.52 bits per heavy atom. The minimum Gasteiger partial charge on any atom is -0.382 e. The van der Waals surface area contributed by atoms with Crippen LogP contribution >= 0.6 is 11.8 Å². The number of amides is 1. The van der Waals surface area contributed by atoms with E-state index in [9.17, 15) is 13.2 Å². The number of carbonyl (C=O) groups excluding carboxylic acids is 1. The first kappa shape index (κ1) is 22.8. The number of nitrogens with zero attached hydrogens (tertiary/aromatic N) is 2. The van der Waals surface area contributed by atoms with Crippen molar-refractivity contribution in [2.75, 3.05) is 16.8 Å². The Bertz CT molecular complexity index is 1260. The Labute approximate surface area is 186 Å². The van der Waals surface area contributed by atoms with Crippen molar-refractivity contribution in [3.05, 3.63) is 64.8 Å². The molecule has 0 radical (unpaired) electrons. The standard InChI is InChI=1S/C22H24N4O3S2/c1-13-8-9-15(3)18(10-13)31(28,29)19-11-24-22(26-21(19)23)30-12-20(27)25-17-7-5-6-14(2)16(17)4/h5-11H,12H2,1-4H3,(H,25,27)(H2,23,24,26). The lowest BCUT2D eigenvalue weighted by atomic mass is 10.1. The van der Waals surface area contributed by atoms with Crippen LogP contribution in [0.25, 0.3) is 0 Å². The van der Waals surface area contributed by atoms with E-state index in [1.54, 1.807) is 19.1 Å². The van der Waals surface area contributed by atoms with Gasteiger partial charge < -0.3 is 11.1 Å². The van der Waals surface area contributed by atoms with Crippen molar-refractivity contribution >= 4 is 39.0 Å². The number of aryl methyl sites for hydroxylation is 3. The molecule has 162 valence electrons. The normalized spacial score (nSPS) is 11.4. The summed E-state index contributed by atoms with van der Waals surface area (Å²) in [6.45, 7) is 7.46. The Morgan fingerprint density at radius 1 is 1.06 bits per heavy atom. The van der Waals surface area contributed by atoms with Crippen molar-refractivity contribution in [1.82, 2.24) is 9.97 Å². The van der Waals surface area contributed by atoms with Crippen LogP contribution in [0.3, 0.4) is 0 Å². The largest absolute Gasteiger partial charge is 0.382 e. The van der Waals surface area contributed by atoms with Crippen LogP contribution in [0.5, 0.6) is 0 Å². The number of anilines is 2. The molecule has 0 spiro atoms. The van der Waals surface area contributed by atoms with Crippen molar-refractivity contribution in [3.63, 3.8) is 0 Å². The number of thioether (sulfide) groups is 1. The second-order valence-corrected chi connectivity index (χ2v) is 10.1. The molecule has 2 aromatic carbocycles. The third-order valence-electron chi connectivity index (χ3n) is 4.89. The Hall–Kier alpha value is -2.91. The number of aromatic nitrogens is 2. The predicted molar refractivity (Wildman–Crippen MR) is 123 cm³/mol. The second-order valence-electron chi connectivity index (χ2n) is 7.26. The van der Waals surface area contributed by atoms with E-state index < -0.39 is 9.84 Å². The van der Waals surface area contributed by atoms with Crippen LogP contribution in [0.4, 0.5) is 11.5 Å². The van der Waals surface area contributed by atoms with E-state index in [2.05, 4.69) is 15.3 Å². The van der Waals surface area contributed by atoms with Crippen LogP contribution in [0.1, 0.15) is 22.3 Å². The quantitative estimate of drug-likeness (QED) is 0.427. The van der Waals surface area contributed by atoms with Crippen LogP contribution in [0.2, 0.25) is 0 Å². The highest BCUT2D eigenvalue weighted by Gasteiger charge is 2.24. The third-order valence-corrected chi connectivity index (χ3v) is 7.67. The molecule has 3 rings (SSSR count). The van der Waals surface area contributed by atoms with Gasteiger partial charge in [-0.15, -0.1) is 0 Å². The van der Waals surface area contributed by atoms with E-state index in [4.69, 9.17) is 5.73 Å². The summed E-state index contributed by atoms with van der Waals surface area (Å²) in [7, 11) is -3.86. The third kappa shape index (κ3) is 5.05. The number of carbonyl (C=O) groups is 1. The summed E-state index contributed by atoms with van der Waals surface area (Å²) in [5.74, 6) is -0.295. The van der Waals surface area contributed by atoms with Gasteiger partial charge in [-0.25, -0.2) is 18.4 Å². The molecular formula is C22H24N4O3S2. The van der Waals surface area contributed by atoms with Gasteiger partial charge in [-0.1, -0.05) is 36.0 Å². The minimum atomic E-state index is -3.86. The van der Waals surface area contributed by atoms with Gasteiger partial charge in [-0.2, -0.15) is 0 Å². The first-order valence-corrected chi connectivity index (χ1v) is 12.0. The number of hydrogen-bond acceptors (Lipinski definition) is 7. The number of nitrogens with one attached hydrogen (secondary N) is 1. The molecule has 3 aromatic rings. The van der Waals surface area contributed by atoms with Crippen LogP contribution < -0.4 is 11.1 Å². The lowest BCUT2D eigenvalue weighted by Crippen LogP contribution is -2.15. The molecule has 0 atom stereocenters. The van der Waals surface area contributed by atoms with Gasteiger partial charge >= 0.3 is 0 Å². The maximum atomic E-state index is 13.0. The summed E-state index contributed by atoms with van der Waals surface area (Å²) in [5.41, 5.74) is 10.2. The van der Waals surface area contributed by atoms with Gasteiger partial charge in [-0.05, 0) is 62.1 Å². The maximum Gasteiger partial charge on any atom is 0.234 e. The molecule has 0 aliphatic heterocycles. The molecule has 31 heavy (non-hydrogen) atoms. The molecular weight excluding hydrogens is 432 g/mol. The summed E-state index contributed by atoms with van der Waals surface area (Å²) in [6.07, 6.45) is 1.20. The van der Waals surface area contributed by atoms with E-state index >= 15 is 0 Å². The maximum absolute atomic E-state index is 13.0. The van der Waals surface area contributed by atoms with Crippen molar-refractivity contribution in [2.45, 2.75) is 42.6 Å². The van der Waals surface area contributed by atoms with Gasteiger partial charge in [0.2, 0.25) is 15.7 Å². The molecule has 0 fully saturated rings. The highest BCUT2D eigenvalue weighted by molar-refractivity contribution is 7.99. The summed E-state index contributed by atoms with van der Waals surface area (Å²) in [4.78, 5) is 20.5. The molecule has 0 saturated carbocycles. The zero-order chi connectivity index (χ0) is 22.8. The first-order chi connectivity index (χ1) is 14.6. The average molecular weight is 457 g/mol. The number of nitrogens with two attached hydrogens (primary N) is 1. The molecule has 1 amide bonds. The summed E-state index contributed by atoms with van der Waals surface area (Å²) in [5, 5.41) is 3.09. The lowest BCUT2D eigenvalue weighted by Gasteiger charge is -2.11. The van der Waals surface area contributed by atoms with Gasteiger partial charge in [0.05, 0.1) is 16.8 Å². The van der Waals surface area contributed by atoms with E-state index in [-0.39, 0.29) is 32.4 Å². The fourth-order valence-corrected chi connectivity index (χ4v) is 5.17. The monoisotopic (exact) mass is 456 g/mol. The van der Waals surface area contributed by atoms with Crippen LogP contribution in [0, 0.1) is 27.7 Å². The van der Waals surface area contributed by atoms with Crippen molar-refractivity contribution in [3.8, 4) is 0 Å². The average Bonchev–Trinajstić information content (AvgIpc) is 2.71. The molecule has 3 N–H and O–H groups in total. The molecule has 0 aliphatic rings. The predicted octanol–water partition coefficient (Wildman–Crippen LogP) is 3.86. The van der Waals surface area contributed by atoms with Crippen molar-refractivity contribution < 1.29 is 13.2 Å². The highest BCUT2D eigenvalue weighted by atomic mass is 32.2. The summed E-state index contributed by atoms with van der Waals surface area (Å²) >= 11 is 1.08. The number of nitrogen functional groups attached to an aromatic ring is 1. The summed E-state index contributed by atoms with van der Waals surface area (Å²) < 4.78 is 26.1. The van der Waals surface area contributed by atoms with Crippen LogP contribution in [0.15, 0.2) is 57.5 Å². The molecule has 7 nitrogen and oxygen atoms in total. The second kappa shape index (κ2) is 9.07. The molecule has 0 unspecified atom stereocenters. The first-order valence-electron chi connectivity index (χ1n) is 9.53. The topological polar surface area (TPSA) is 115 Å². The molecule has 1 heterocycles. The fraction of sp³-hybridized carbons (Fsp3) is 0.227. The van der Waals surface area contributed by atoms with Crippen molar-refractivity contribution in [2.24, 2.45) is 0 Å². The highest BCUT2D eigenvalue weighted by Crippen LogP contribution is 2.28. The Morgan fingerprint density at radius 2 is 1.81 bits per heavy atom. The van der Waals surface area contributed by atoms with Gasteiger partial charge in [-0.3, -0.25) is 4.79 Å². The lowest BCUT2D eigenvalue weighted by molar-refractivity contribution is -0.113. The van der Waals surface area contributed by atoms with E-state index in [1.807, 2.05) is 45.0 Å². The molecule has 1 aromatic heterocycles. The molecule has 0 aliphatic carbocycles. The van der Waals surface area contributed by atoms with Gasteiger partial charge in [0.15, 0.2) is 5.16 Å². The van der Waals surface area contributed by atoms with Crippen molar-refractivity contribution in [1.29, 1.82) is 0 Å². The fourth-order valence-electron chi connectivity index (χ4n) is 2.96. The number of rotatable bonds is 6. The number of hydrogen-bond donors (Lipinski definition) is 2. The molecule has 0 saturated heterocycles. The van der Waals surface area contributed by atoms with Crippen LogP contribution in [-0.4, -0.2) is 30.0 Å². The minimum absolute atomic E-state index is 0.0654. The molecule has 9 heteroatoms. The van der Waals surface area contributed by atoms with Crippen LogP contribution in [-0.2, 0) is 14.6 Å². The number of sulfone groups is 1. The SMILES string of the molecule is Cc1ccc(C)c(S(=O)(=O)c2cnc(SCC(=O)Nc3cccc(C)c3C)nc2N)c1. The Kier molecular flexibility index (Phi) is 6.66. The zero-order valence-corrected chi connectivity index (χ0v) is 19.4. The summed E-state index contributed by atoms with van der Waals surface area (Å²) in [6, 6.07) is 10.9. The van der Waals surface area contributed by atoms with Gasteiger partial charge in [0.1, 0.15) is 10.7 Å². The smallest absolute Gasteiger partial charge is 0.234 e. The van der Waals surface area contributed by atoms with E-state index in [0.717, 1.165) is 34.1 Å².